The van der Waals surface area contributed by atoms with Crippen LogP contribution in [0.15, 0.2) is 0 Å². The highest BCUT2D eigenvalue weighted by molar-refractivity contribution is 7.19. The highest BCUT2D eigenvalue weighted by Gasteiger charge is 2.17. The molecule has 0 aliphatic rings. The largest absolute Gasteiger partial charge is 0.361 e. The molecule has 0 aliphatic heterocycles. The van der Waals surface area contributed by atoms with E-state index in [0.29, 0.717) is 6.73 Å². The Morgan fingerprint density at radius 3 is 2.65 bits per heavy atom. The number of hydrogen-bond donors (Lipinski definition) is 0. The molecule has 3 nitrogen and oxygen atoms in total. The van der Waals surface area contributed by atoms with Crippen LogP contribution in [0.1, 0.15) is 17.6 Å². The summed E-state index contributed by atoms with van der Waals surface area (Å²) >= 11 is 8.15. The summed E-state index contributed by atoms with van der Waals surface area (Å²) in [5, 5.41) is 0.849. The average molecular weight is 331 g/mol. The molecule has 0 radical (unpaired) electrons. The molecule has 20 heavy (non-hydrogen) atoms. The summed E-state index contributed by atoms with van der Waals surface area (Å²) in [6, 6.07) is 1.18. The maximum absolute atomic E-state index is 6.46. The Bertz CT molecular complexity index is 600. The number of thiophene rings is 1. The zero-order chi connectivity index (χ0) is 14.9. The number of imidazole rings is 1. The number of aryl methyl sites for hydroxylation is 2. The van der Waals surface area contributed by atoms with E-state index < -0.39 is 8.07 Å². The molecule has 0 aromatic carbocycles. The Balaban J connectivity index is 2.13. The van der Waals surface area contributed by atoms with Crippen molar-refractivity contribution in [2.24, 2.45) is 0 Å². The van der Waals surface area contributed by atoms with Gasteiger partial charge in [-0.05, 0) is 19.4 Å². The van der Waals surface area contributed by atoms with Crippen molar-refractivity contribution in [2.45, 2.75) is 52.7 Å². The smallest absolute Gasteiger partial charge is 0.143 e. The number of halogens is 1. The molecule has 112 valence electrons. The van der Waals surface area contributed by atoms with Crippen LogP contribution in [-0.4, -0.2) is 24.2 Å². The van der Waals surface area contributed by atoms with E-state index in [1.54, 1.807) is 11.3 Å². The SMILES string of the molecule is CCc1sc2nc(C)n(COCC[Si](C)(C)C)c2c1Cl. The first-order valence-electron chi connectivity index (χ1n) is 7.05. The number of aromatic nitrogens is 2. The molecule has 2 aromatic heterocycles. The molecule has 6 heteroatoms. The van der Waals surface area contributed by atoms with Crippen LogP contribution in [0.3, 0.4) is 0 Å². The predicted molar refractivity (Wildman–Crippen MR) is 90.8 cm³/mol. The molecule has 0 saturated carbocycles. The van der Waals surface area contributed by atoms with Crippen LogP contribution in [0.5, 0.6) is 0 Å². The highest BCUT2D eigenvalue weighted by atomic mass is 35.5. The van der Waals surface area contributed by atoms with Gasteiger partial charge in [0.05, 0.1) is 5.02 Å². The van der Waals surface area contributed by atoms with Gasteiger partial charge in [0.1, 0.15) is 22.9 Å². The van der Waals surface area contributed by atoms with Crippen molar-refractivity contribution in [1.29, 1.82) is 0 Å². The number of rotatable bonds is 6. The number of nitrogens with zero attached hydrogens (tertiary/aromatic N) is 2. The third-order valence-corrected chi connectivity index (χ3v) is 6.78. The van der Waals surface area contributed by atoms with Gasteiger partial charge in [-0.1, -0.05) is 38.2 Å². The summed E-state index contributed by atoms with van der Waals surface area (Å²) in [5.41, 5.74) is 1.04. The first kappa shape index (κ1) is 16.0. The normalized spacial score (nSPS) is 12.5. The fraction of sp³-hybridized carbons (Fsp3) is 0.643. The van der Waals surface area contributed by atoms with Gasteiger partial charge in [-0.2, -0.15) is 0 Å². The first-order chi connectivity index (χ1) is 9.33. The first-order valence-corrected chi connectivity index (χ1v) is 12.0. The second-order valence-electron chi connectivity index (χ2n) is 6.28. The van der Waals surface area contributed by atoms with E-state index in [4.69, 9.17) is 16.3 Å². The molecule has 0 unspecified atom stereocenters. The minimum absolute atomic E-state index is 0.548. The summed E-state index contributed by atoms with van der Waals surface area (Å²) < 4.78 is 7.94. The molecule has 0 bridgehead atoms. The van der Waals surface area contributed by atoms with Crippen molar-refractivity contribution in [3.63, 3.8) is 0 Å². The van der Waals surface area contributed by atoms with Gasteiger partial charge < -0.3 is 9.30 Å². The third-order valence-electron chi connectivity index (χ3n) is 3.34. The zero-order valence-corrected chi connectivity index (χ0v) is 15.5. The quantitative estimate of drug-likeness (QED) is 0.554. The van der Waals surface area contributed by atoms with Gasteiger partial charge in [-0.15, -0.1) is 11.3 Å². The van der Waals surface area contributed by atoms with Crippen molar-refractivity contribution >= 4 is 41.4 Å². The Hall–Kier alpha value is -0.363. The zero-order valence-electron chi connectivity index (χ0n) is 12.9. The summed E-state index contributed by atoms with van der Waals surface area (Å²) in [6.07, 6.45) is 0.954. The molecule has 0 aliphatic carbocycles. The Morgan fingerprint density at radius 2 is 2.05 bits per heavy atom. The van der Waals surface area contributed by atoms with Crippen LogP contribution >= 0.6 is 22.9 Å². The van der Waals surface area contributed by atoms with Crippen LogP contribution in [0.25, 0.3) is 10.3 Å². The van der Waals surface area contributed by atoms with Crippen molar-refractivity contribution < 1.29 is 4.74 Å². The molecule has 2 aromatic rings. The molecular formula is C14H23ClN2OSSi. The molecule has 2 rings (SSSR count). The molecule has 0 fully saturated rings. The third kappa shape index (κ3) is 3.45. The molecule has 0 saturated heterocycles. The fourth-order valence-electron chi connectivity index (χ4n) is 2.03. The van der Waals surface area contributed by atoms with Crippen molar-refractivity contribution in [1.82, 2.24) is 9.55 Å². The lowest BCUT2D eigenvalue weighted by Crippen LogP contribution is -2.22. The summed E-state index contributed by atoms with van der Waals surface area (Å²) in [6.45, 7) is 12.6. The van der Waals surface area contributed by atoms with Crippen molar-refractivity contribution in [2.75, 3.05) is 6.61 Å². The topological polar surface area (TPSA) is 27.1 Å². The van der Waals surface area contributed by atoms with E-state index in [2.05, 4.69) is 36.1 Å². The molecular weight excluding hydrogens is 308 g/mol. The van der Waals surface area contributed by atoms with Crippen LogP contribution < -0.4 is 0 Å². The lowest BCUT2D eigenvalue weighted by atomic mass is 10.3. The van der Waals surface area contributed by atoms with Crippen LogP contribution in [0.2, 0.25) is 30.7 Å². The highest BCUT2D eigenvalue weighted by Crippen LogP contribution is 2.35. The maximum atomic E-state index is 6.46. The average Bonchev–Trinajstić information content (AvgIpc) is 2.81. The van der Waals surface area contributed by atoms with Crippen molar-refractivity contribution in [3.8, 4) is 0 Å². The number of ether oxygens (including phenoxy) is 1. The van der Waals surface area contributed by atoms with E-state index in [9.17, 15) is 0 Å². The summed E-state index contributed by atoms with van der Waals surface area (Å²) in [5.74, 6) is 0.976. The minimum atomic E-state index is -1.03. The number of fused-ring (bicyclic) bond motifs is 1. The number of hydrogen-bond acceptors (Lipinski definition) is 3. The standard InChI is InChI=1S/C14H23ClN2OSSi/c1-6-11-12(15)13-14(19-11)16-10(2)17(13)9-18-7-8-20(3,4)5/h6-9H2,1-5H3. The Morgan fingerprint density at radius 1 is 1.35 bits per heavy atom. The van der Waals surface area contributed by atoms with Gasteiger partial charge in [0.15, 0.2) is 0 Å². The van der Waals surface area contributed by atoms with Crippen LogP contribution in [0.4, 0.5) is 0 Å². The Kier molecular flexibility index (Phi) is 4.95. The predicted octanol–water partition coefficient (Wildman–Crippen LogP) is 4.93. The lowest BCUT2D eigenvalue weighted by molar-refractivity contribution is 0.0885. The maximum Gasteiger partial charge on any atom is 0.143 e. The van der Waals surface area contributed by atoms with Gasteiger partial charge in [0.25, 0.3) is 0 Å². The Labute approximate surface area is 130 Å². The molecule has 0 amide bonds. The van der Waals surface area contributed by atoms with Crippen LogP contribution in [-0.2, 0) is 17.9 Å². The molecule has 2 heterocycles. The monoisotopic (exact) mass is 330 g/mol. The van der Waals surface area contributed by atoms with Gasteiger partial charge in [-0.25, -0.2) is 4.98 Å². The van der Waals surface area contributed by atoms with Gasteiger partial charge in [-0.3, -0.25) is 0 Å². The second kappa shape index (κ2) is 6.18. The van der Waals surface area contributed by atoms with Gasteiger partial charge in [0.2, 0.25) is 0 Å². The van der Waals surface area contributed by atoms with E-state index in [1.807, 2.05) is 6.92 Å². The lowest BCUT2D eigenvalue weighted by Gasteiger charge is -2.16. The summed E-state index contributed by atoms with van der Waals surface area (Å²) in [4.78, 5) is 6.83. The van der Waals surface area contributed by atoms with Gasteiger partial charge >= 0.3 is 0 Å². The van der Waals surface area contributed by atoms with Gasteiger partial charge in [0, 0.05) is 19.6 Å². The van der Waals surface area contributed by atoms with E-state index >= 15 is 0 Å². The molecule has 0 N–H and O–H groups in total. The van der Waals surface area contributed by atoms with E-state index in [0.717, 1.165) is 34.2 Å². The minimum Gasteiger partial charge on any atom is -0.361 e. The molecule has 0 spiro atoms. The van der Waals surface area contributed by atoms with E-state index in [-0.39, 0.29) is 0 Å². The summed E-state index contributed by atoms with van der Waals surface area (Å²) in [7, 11) is -1.03. The second-order valence-corrected chi connectivity index (χ2v) is 13.4. The fourth-order valence-corrected chi connectivity index (χ4v) is 4.34. The van der Waals surface area contributed by atoms with Crippen molar-refractivity contribution in [3.05, 3.63) is 15.7 Å². The van der Waals surface area contributed by atoms with Crippen LogP contribution in [0, 0.1) is 6.92 Å². The van der Waals surface area contributed by atoms with E-state index in [1.165, 1.54) is 10.9 Å². The molecule has 0 atom stereocenters.